The van der Waals surface area contributed by atoms with Gasteiger partial charge in [-0.15, -0.1) is 0 Å². The molecule has 0 spiro atoms. The minimum Gasteiger partial charge on any atom is -0.490 e. The first-order valence-electron chi connectivity index (χ1n) is 10.7. The molecule has 1 saturated heterocycles. The van der Waals surface area contributed by atoms with E-state index in [1.165, 1.54) is 12.8 Å². The molecule has 1 aliphatic carbocycles. The summed E-state index contributed by atoms with van der Waals surface area (Å²) in [7, 11) is 0. The lowest BCUT2D eigenvalue weighted by molar-refractivity contribution is 0.158. The summed E-state index contributed by atoms with van der Waals surface area (Å²) in [6.45, 7) is 9.51. The smallest absolute Gasteiger partial charge is 0.321 e. The summed E-state index contributed by atoms with van der Waals surface area (Å²) in [5.41, 5.74) is 0.837. The maximum Gasteiger partial charge on any atom is 0.321 e. The van der Waals surface area contributed by atoms with Gasteiger partial charge in [0, 0.05) is 25.3 Å². The monoisotopic (exact) mass is 373 g/mol. The molecule has 27 heavy (non-hydrogen) atoms. The van der Waals surface area contributed by atoms with E-state index in [1.807, 2.05) is 29.2 Å². The third-order valence-corrected chi connectivity index (χ3v) is 6.02. The van der Waals surface area contributed by atoms with Gasteiger partial charge in [0.2, 0.25) is 0 Å². The third kappa shape index (κ3) is 5.86. The van der Waals surface area contributed by atoms with Gasteiger partial charge in [-0.2, -0.15) is 0 Å². The number of benzene rings is 1. The van der Waals surface area contributed by atoms with Crippen molar-refractivity contribution in [1.82, 2.24) is 9.80 Å². The Morgan fingerprint density at radius 3 is 2.30 bits per heavy atom. The van der Waals surface area contributed by atoms with Crippen molar-refractivity contribution in [3.05, 3.63) is 24.3 Å². The van der Waals surface area contributed by atoms with Crippen molar-refractivity contribution in [2.75, 3.05) is 38.0 Å². The van der Waals surface area contributed by atoms with Gasteiger partial charge in [-0.3, -0.25) is 0 Å². The van der Waals surface area contributed by atoms with Crippen LogP contribution in [0.3, 0.4) is 0 Å². The number of amides is 2. The van der Waals surface area contributed by atoms with Crippen LogP contribution in [0.2, 0.25) is 0 Å². The molecule has 1 aliphatic heterocycles. The minimum absolute atomic E-state index is 0.0146. The van der Waals surface area contributed by atoms with E-state index < -0.39 is 0 Å². The lowest BCUT2D eigenvalue weighted by Crippen LogP contribution is -2.43. The van der Waals surface area contributed by atoms with Gasteiger partial charge in [-0.1, -0.05) is 13.8 Å². The summed E-state index contributed by atoms with van der Waals surface area (Å²) in [6, 6.07) is 7.82. The number of likely N-dealkylation sites (tertiary alicyclic amines) is 1. The van der Waals surface area contributed by atoms with E-state index in [2.05, 4.69) is 24.1 Å². The maximum atomic E-state index is 12.5. The Labute approximate surface area is 164 Å². The third-order valence-electron chi connectivity index (χ3n) is 6.02. The fourth-order valence-corrected chi connectivity index (χ4v) is 4.18. The van der Waals surface area contributed by atoms with Crippen molar-refractivity contribution >= 4 is 11.7 Å². The molecule has 1 N–H and O–H groups in total. The van der Waals surface area contributed by atoms with Gasteiger partial charge in [0.25, 0.3) is 0 Å². The number of ether oxygens (including phenoxy) is 1. The fraction of sp³-hybridized carbons (Fsp3) is 0.682. The standard InChI is InChI=1S/C22H35N3O2/c1-3-24(4-2)17-18-13-15-25(16-14-18)22(26)23-19-9-11-21(12-10-19)27-20-7-5-6-8-20/h9-12,18,20H,3-8,13-17H2,1-2H3,(H,23,26). The lowest BCUT2D eigenvalue weighted by atomic mass is 9.96. The van der Waals surface area contributed by atoms with Crippen molar-refractivity contribution < 1.29 is 9.53 Å². The first-order chi connectivity index (χ1) is 13.2. The molecule has 1 aromatic rings. The van der Waals surface area contributed by atoms with E-state index in [9.17, 15) is 4.79 Å². The zero-order chi connectivity index (χ0) is 19.1. The Hall–Kier alpha value is -1.75. The van der Waals surface area contributed by atoms with Gasteiger partial charge in [-0.25, -0.2) is 4.79 Å². The van der Waals surface area contributed by atoms with E-state index in [0.717, 1.165) is 69.8 Å². The van der Waals surface area contributed by atoms with E-state index in [4.69, 9.17) is 4.74 Å². The number of hydrogen-bond donors (Lipinski definition) is 1. The first-order valence-corrected chi connectivity index (χ1v) is 10.7. The second-order valence-corrected chi connectivity index (χ2v) is 7.90. The van der Waals surface area contributed by atoms with Crippen LogP contribution in [0.1, 0.15) is 52.4 Å². The molecule has 5 nitrogen and oxygen atoms in total. The molecule has 3 rings (SSSR count). The predicted octanol–water partition coefficient (Wildman–Crippen LogP) is 4.59. The highest BCUT2D eigenvalue weighted by molar-refractivity contribution is 5.89. The molecule has 2 aliphatic rings. The predicted molar refractivity (Wildman–Crippen MR) is 110 cm³/mol. The number of nitrogens with one attached hydrogen (secondary N) is 1. The summed E-state index contributed by atoms with van der Waals surface area (Å²) >= 11 is 0. The molecule has 0 atom stereocenters. The van der Waals surface area contributed by atoms with Crippen LogP contribution in [0.5, 0.6) is 5.75 Å². The van der Waals surface area contributed by atoms with Crippen LogP contribution >= 0.6 is 0 Å². The molecule has 1 heterocycles. The molecular weight excluding hydrogens is 338 g/mol. The highest BCUT2D eigenvalue weighted by Crippen LogP contribution is 2.25. The second-order valence-electron chi connectivity index (χ2n) is 7.90. The minimum atomic E-state index is 0.0146. The Morgan fingerprint density at radius 2 is 1.70 bits per heavy atom. The van der Waals surface area contributed by atoms with E-state index in [0.29, 0.717) is 12.0 Å². The SMILES string of the molecule is CCN(CC)CC1CCN(C(=O)Nc2ccc(OC3CCCC3)cc2)CC1. The Kier molecular flexibility index (Phi) is 7.39. The van der Waals surface area contributed by atoms with Crippen LogP contribution in [0, 0.1) is 5.92 Å². The first kappa shape index (κ1) is 20.0. The molecule has 0 unspecified atom stereocenters. The molecule has 1 aromatic carbocycles. The van der Waals surface area contributed by atoms with Crippen LogP contribution in [0.15, 0.2) is 24.3 Å². The van der Waals surface area contributed by atoms with E-state index in [-0.39, 0.29) is 6.03 Å². The molecular formula is C22H35N3O2. The van der Waals surface area contributed by atoms with Crippen molar-refractivity contribution in [2.45, 2.75) is 58.5 Å². The lowest BCUT2D eigenvalue weighted by Gasteiger charge is -2.34. The van der Waals surface area contributed by atoms with Gasteiger partial charge in [0.05, 0.1) is 6.10 Å². The molecule has 2 fully saturated rings. The molecule has 5 heteroatoms. The molecule has 0 bridgehead atoms. The highest BCUT2D eigenvalue weighted by Gasteiger charge is 2.24. The van der Waals surface area contributed by atoms with Crippen LogP contribution in [-0.4, -0.2) is 54.7 Å². The van der Waals surface area contributed by atoms with Crippen molar-refractivity contribution in [3.8, 4) is 5.75 Å². The topological polar surface area (TPSA) is 44.8 Å². The van der Waals surface area contributed by atoms with Crippen LogP contribution < -0.4 is 10.1 Å². The number of carbonyl (C=O) groups is 1. The fourth-order valence-electron chi connectivity index (χ4n) is 4.18. The molecule has 0 radical (unpaired) electrons. The summed E-state index contributed by atoms with van der Waals surface area (Å²) < 4.78 is 5.99. The summed E-state index contributed by atoms with van der Waals surface area (Å²) in [4.78, 5) is 17.0. The van der Waals surface area contributed by atoms with Crippen LogP contribution in [0.25, 0.3) is 0 Å². The number of rotatable bonds is 7. The largest absolute Gasteiger partial charge is 0.490 e. The zero-order valence-corrected chi connectivity index (χ0v) is 17.0. The zero-order valence-electron chi connectivity index (χ0n) is 17.0. The number of nitrogens with zero attached hydrogens (tertiary/aromatic N) is 2. The van der Waals surface area contributed by atoms with Crippen molar-refractivity contribution in [2.24, 2.45) is 5.92 Å². The van der Waals surface area contributed by atoms with Crippen molar-refractivity contribution in [1.29, 1.82) is 0 Å². The Balaban J connectivity index is 1.42. The van der Waals surface area contributed by atoms with E-state index >= 15 is 0 Å². The number of hydrogen-bond acceptors (Lipinski definition) is 3. The van der Waals surface area contributed by atoms with Gasteiger partial charge in [0.1, 0.15) is 5.75 Å². The molecule has 2 amide bonds. The number of carbonyl (C=O) groups excluding carboxylic acids is 1. The van der Waals surface area contributed by atoms with Gasteiger partial charge < -0.3 is 19.9 Å². The van der Waals surface area contributed by atoms with Gasteiger partial charge in [-0.05, 0) is 81.8 Å². The van der Waals surface area contributed by atoms with E-state index in [1.54, 1.807) is 0 Å². The normalized spacial score (nSPS) is 18.9. The van der Waals surface area contributed by atoms with Crippen LogP contribution in [0.4, 0.5) is 10.5 Å². The number of urea groups is 1. The molecule has 1 saturated carbocycles. The van der Waals surface area contributed by atoms with Crippen molar-refractivity contribution in [3.63, 3.8) is 0 Å². The average Bonchev–Trinajstić information content (AvgIpc) is 3.21. The molecule has 150 valence electrons. The summed E-state index contributed by atoms with van der Waals surface area (Å²) in [5, 5.41) is 3.03. The van der Waals surface area contributed by atoms with Gasteiger partial charge >= 0.3 is 6.03 Å². The quantitative estimate of drug-likeness (QED) is 0.760. The van der Waals surface area contributed by atoms with Gasteiger partial charge in [0.15, 0.2) is 0 Å². The van der Waals surface area contributed by atoms with Crippen LogP contribution in [-0.2, 0) is 0 Å². The average molecular weight is 374 g/mol. The molecule has 0 aromatic heterocycles. The Morgan fingerprint density at radius 1 is 1.07 bits per heavy atom. The maximum absolute atomic E-state index is 12.5. The Bertz CT molecular complexity index is 572. The summed E-state index contributed by atoms with van der Waals surface area (Å²) in [6.07, 6.45) is 7.40. The highest BCUT2D eigenvalue weighted by atomic mass is 16.5. The summed E-state index contributed by atoms with van der Waals surface area (Å²) in [5.74, 6) is 1.61. The number of anilines is 1. The second kappa shape index (κ2) is 9.98. The number of piperidine rings is 1.